The summed E-state index contributed by atoms with van der Waals surface area (Å²) in [6.45, 7) is 0.697. The molecule has 0 saturated carbocycles. The lowest BCUT2D eigenvalue weighted by Crippen LogP contribution is -2.40. The number of aromatic nitrogens is 2. The van der Waals surface area contributed by atoms with E-state index in [0.29, 0.717) is 52.6 Å². The molecule has 0 spiro atoms. The van der Waals surface area contributed by atoms with Crippen molar-refractivity contribution in [1.82, 2.24) is 20.2 Å². The van der Waals surface area contributed by atoms with Crippen LogP contribution in [0.15, 0.2) is 59.0 Å². The average Bonchev–Trinajstić information content (AvgIpc) is 3.60. The van der Waals surface area contributed by atoms with E-state index in [1.54, 1.807) is 17.0 Å². The summed E-state index contributed by atoms with van der Waals surface area (Å²) in [7, 11) is -0.795. The maximum atomic E-state index is 13.7. The monoisotopic (exact) mass is 621 g/mol. The van der Waals surface area contributed by atoms with Crippen LogP contribution in [0, 0.1) is 11.6 Å². The van der Waals surface area contributed by atoms with E-state index in [1.165, 1.54) is 56.6 Å². The summed E-state index contributed by atoms with van der Waals surface area (Å²) in [6, 6.07) is 12.9. The molecule has 1 aliphatic rings. The number of carbonyl (C=O) groups is 2. The minimum absolute atomic E-state index is 0.0795. The number of benzene rings is 3. The third-order valence-corrected chi connectivity index (χ3v) is 9.22. The molecule has 1 aliphatic heterocycles. The highest BCUT2D eigenvalue weighted by Gasteiger charge is 2.32. The highest BCUT2D eigenvalue weighted by molar-refractivity contribution is 7.92. The minimum atomic E-state index is -3.71. The minimum Gasteiger partial charge on any atom is -0.455 e. The third kappa shape index (κ3) is 5.27. The molecule has 1 fully saturated rings. The molecule has 0 aliphatic carbocycles. The Labute approximate surface area is 251 Å². The fourth-order valence-corrected chi connectivity index (χ4v) is 6.25. The lowest BCUT2D eigenvalue weighted by atomic mass is 9.88. The lowest BCUT2D eigenvalue weighted by molar-refractivity contribution is 0.0696. The van der Waals surface area contributed by atoms with Crippen molar-refractivity contribution in [2.24, 2.45) is 0 Å². The maximum Gasteiger partial charge on any atom is 0.289 e. The number of nitrogens with one attached hydrogen (secondary N) is 2. The van der Waals surface area contributed by atoms with E-state index in [4.69, 9.17) is 4.42 Å². The van der Waals surface area contributed by atoms with Gasteiger partial charge >= 0.3 is 0 Å². The van der Waals surface area contributed by atoms with Crippen LogP contribution in [0.4, 0.5) is 14.5 Å². The zero-order chi connectivity index (χ0) is 31.3. The number of sulfonamides is 1. The molecule has 3 heterocycles. The van der Waals surface area contributed by atoms with Crippen molar-refractivity contribution < 1.29 is 31.2 Å². The van der Waals surface area contributed by atoms with Crippen LogP contribution in [0.25, 0.3) is 33.3 Å². The van der Waals surface area contributed by atoms with Gasteiger partial charge in [-0.25, -0.2) is 22.2 Å². The van der Waals surface area contributed by atoms with E-state index < -0.39 is 27.6 Å². The van der Waals surface area contributed by atoms with Gasteiger partial charge in [-0.1, -0.05) is 0 Å². The van der Waals surface area contributed by atoms with Gasteiger partial charge in [0.15, 0.2) is 5.82 Å². The second-order valence-corrected chi connectivity index (χ2v) is 12.9. The molecule has 2 N–H and O–H groups in total. The van der Waals surface area contributed by atoms with Gasteiger partial charge in [0, 0.05) is 50.1 Å². The van der Waals surface area contributed by atoms with E-state index in [1.807, 2.05) is 0 Å². The number of H-pyrrole nitrogens is 1. The summed E-state index contributed by atoms with van der Waals surface area (Å²) in [5.41, 5.74) is 2.80. The van der Waals surface area contributed by atoms with Gasteiger partial charge < -0.3 is 19.6 Å². The second-order valence-electron chi connectivity index (χ2n) is 10.9. The predicted octanol–water partition coefficient (Wildman–Crippen LogP) is 5.03. The largest absolute Gasteiger partial charge is 0.455 e. The standard InChI is InChI=1S/C31H29F2N5O5S/c1-34-30(39)27-22-14-21(18-5-4-12-38(16-18)31(40)29-35-23-11-10-20(33)13-24(23)36-29)25(37(2)44(3,41)42)15-26(22)43-28(27)17-6-8-19(32)9-7-17/h6-11,13-15,18H,4-5,12,16H2,1-3H3,(H,34,39)(H,35,36)/t18-/m0/s1. The van der Waals surface area contributed by atoms with Crippen LogP contribution in [0.2, 0.25) is 0 Å². The number of aromatic amines is 1. The van der Waals surface area contributed by atoms with Crippen LogP contribution in [0.3, 0.4) is 0 Å². The number of carbonyl (C=O) groups excluding carboxylic acids is 2. The molecule has 44 heavy (non-hydrogen) atoms. The number of nitrogens with zero attached hydrogens (tertiary/aromatic N) is 3. The van der Waals surface area contributed by atoms with Gasteiger partial charge in [0.25, 0.3) is 11.8 Å². The van der Waals surface area contributed by atoms with E-state index in [0.717, 1.165) is 10.6 Å². The molecule has 10 nitrogen and oxygen atoms in total. The molecule has 0 radical (unpaired) electrons. The SMILES string of the molecule is CNC(=O)c1c(-c2ccc(F)cc2)oc2cc(N(C)S(C)(=O)=O)c([C@H]3CCCN(C(=O)c4nc5ccc(F)cc5[nH]4)C3)cc12. The molecule has 2 amide bonds. The molecule has 1 atom stereocenters. The van der Waals surface area contributed by atoms with Gasteiger partial charge in [0.1, 0.15) is 23.0 Å². The topological polar surface area (TPSA) is 129 Å². The number of rotatable bonds is 6. The lowest BCUT2D eigenvalue weighted by Gasteiger charge is -2.34. The number of amides is 2. The predicted molar refractivity (Wildman–Crippen MR) is 162 cm³/mol. The number of furan rings is 1. The first kappa shape index (κ1) is 29.3. The summed E-state index contributed by atoms with van der Waals surface area (Å²) >= 11 is 0. The number of anilines is 1. The van der Waals surface area contributed by atoms with Crippen molar-refractivity contribution >= 4 is 49.5 Å². The summed E-state index contributed by atoms with van der Waals surface area (Å²) in [6.07, 6.45) is 2.35. The van der Waals surface area contributed by atoms with Crippen LogP contribution >= 0.6 is 0 Å². The number of hydrogen-bond acceptors (Lipinski definition) is 6. The second kappa shape index (κ2) is 11.1. The molecule has 0 unspecified atom stereocenters. The van der Waals surface area contributed by atoms with Crippen LogP contribution < -0.4 is 9.62 Å². The first-order chi connectivity index (χ1) is 20.9. The Balaban J connectivity index is 1.45. The highest BCUT2D eigenvalue weighted by atomic mass is 32.2. The Morgan fingerprint density at radius 1 is 1.09 bits per heavy atom. The summed E-state index contributed by atoms with van der Waals surface area (Å²) in [4.78, 5) is 35.6. The number of imidazole rings is 1. The fourth-order valence-electron chi connectivity index (χ4n) is 5.73. The first-order valence-corrected chi connectivity index (χ1v) is 15.8. The van der Waals surface area contributed by atoms with Crippen molar-refractivity contribution in [2.75, 3.05) is 37.7 Å². The molecule has 2 aromatic heterocycles. The normalized spacial score (nSPS) is 15.6. The van der Waals surface area contributed by atoms with Crippen molar-refractivity contribution in [1.29, 1.82) is 0 Å². The maximum absolute atomic E-state index is 13.7. The number of hydrogen-bond donors (Lipinski definition) is 2. The molecule has 5 aromatic rings. The first-order valence-electron chi connectivity index (χ1n) is 13.9. The number of fused-ring (bicyclic) bond motifs is 2. The van der Waals surface area contributed by atoms with Crippen LogP contribution in [0.1, 0.15) is 45.3 Å². The molecular formula is C31H29F2N5O5S. The zero-order valence-electron chi connectivity index (χ0n) is 24.1. The molecule has 6 rings (SSSR count). The van der Waals surface area contributed by atoms with Crippen molar-refractivity contribution in [3.05, 3.63) is 83.2 Å². The molecular weight excluding hydrogens is 592 g/mol. The Kier molecular flexibility index (Phi) is 7.36. The quantitative estimate of drug-likeness (QED) is 0.274. The third-order valence-electron chi connectivity index (χ3n) is 8.03. The number of halogens is 2. The Morgan fingerprint density at radius 2 is 1.82 bits per heavy atom. The Bertz CT molecular complexity index is 2040. The Morgan fingerprint density at radius 3 is 2.52 bits per heavy atom. The molecule has 1 saturated heterocycles. The van der Waals surface area contributed by atoms with Crippen LogP contribution in [0.5, 0.6) is 0 Å². The van der Waals surface area contributed by atoms with Crippen LogP contribution in [-0.2, 0) is 10.0 Å². The van der Waals surface area contributed by atoms with Crippen molar-refractivity contribution in [2.45, 2.75) is 18.8 Å². The molecule has 3 aromatic carbocycles. The molecule has 228 valence electrons. The summed E-state index contributed by atoms with van der Waals surface area (Å²) in [5.74, 6) is -1.70. The highest BCUT2D eigenvalue weighted by Crippen LogP contribution is 2.42. The van der Waals surface area contributed by atoms with E-state index >= 15 is 0 Å². The summed E-state index contributed by atoms with van der Waals surface area (Å²) < 4.78 is 60.2. The van der Waals surface area contributed by atoms with Crippen molar-refractivity contribution in [3.8, 4) is 11.3 Å². The van der Waals surface area contributed by atoms with Crippen molar-refractivity contribution in [3.63, 3.8) is 0 Å². The van der Waals surface area contributed by atoms with Gasteiger partial charge in [0.05, 0.1) is 28.5 Å². The van der Waals surface area contributed by atoms with Gasteiger partial charge in [-0.05, 0) is 66.9 Å². The Hall–Kier alpha value is -4.78. The van der Waals surface area contributed by atoms with Gasteiger partial charge in [-0.2, -0.15) is 0 Å². The number of piperidine rings is 1. The smallest absolute Gasteiger partial charge is 0.289 e. The average molecular weight is 622 g/mol. The zero-order valence-corrected chi connectivity index (χ0v) is 25.0. The molecule has 0 bridgehead atoms. The van der Waals surface area contributed by atoms with Gasteiger partial charge in [0.2, 0.25) is 10.0 Å². The van der Waals surface area contributed by atoms with Crippen LogP contribution in [-0.4, -0.2) is 68.5 Å². The van der Waals surface area contributed by atoms with Gasteiger partial charge in [-0.15, -0.1) is 0 Å². The molecule has 13 heteroatoms. The van der Waals surface area contributed by atoms with E-state index in [9.17, 15) is 26.8 Å². The fraction of sp³-hybridized carbons (Fsp3) is 0.258. The number of likely N-dealkylation sites (tertiary alicyclic amines) is 1. The summed E-state index contributed by atoms with van der Waals surface area (Å²) in [5, 5.41) is 3.08. The van der Waals surface area contributed by atoms with E-state index in [-0.39, 0.29) is 41.1 Å². The van der Waals surface area contributed by atoms with E-state index in [2.05, 4.69) is 15.3 Å². The van der Waals surface area contributed by atoms with Gasteiger partial charge in [-0.3, -0.25) is 13.9 Å².